The van der Waals surface area contributed by atoms with Crippen LogP contribution in [0.5, 0.6) is 0 Å². The molecule has 0 aromatic carbocycles. The SMILES string of the molecule is [CH2-]C(C)=O.[CH2-]CCNC.[K+]. The van der Waals surface area contributed by atoms with Crippen molar-refractivity contribution in [3.05, 3.63) is 13.8 Å². The average molecular weight is 168 g/mol. The molecule has 0 atom stereocenters. The number of Topliss-reactive ketones (excluding diaryl/α,β-unsaturated/α-hetero) is 1. The van der Waals surface area contributed by atoms with Crippen LogP contribution < -0.4 is 56.7 Å². The van der Waals surface area contributed by atoms with E-state index in [9.17, 15) is 4.79 Å². The Morgan fingerprint density at radius 3 is 1.90 bits per heavy atom. The van der Waals surface area contributed by atoms with E-state index in [0.717, 1.165) is 13.0 Å². The van der Waals surface area contributed by atoms with Crippen molar-refractivity contribution in [3.8, 4) is 0 Å². The van der Waals surface area contributed by atoms with Crippen molar-refractivity contribution >= 4 is 5.78 Å². The van der Waals surface area contributed by atoms with E-state index < -0.39 is 0 Å². The third kappa shape index (κ3) is 61.5. The molecule has 0 aliphatic carbocycles. The van der Waals surface area contributed by atoms with Gasteiger partial charge in [0.05, 0.1) is 0 Å². The van der Waals surface area contributed by atoms with E-state index in [4.69, 9.17) is 0 Å². The van der Waals surface area contributed by atoms with Gasteiger partial charge in [-0.25, -0.2) is 0 Å². The van der Waals surface area contributed by atoms with Crippen LogP contribution in [0.3, 0.4) is 0 Å². The third-order valence-corrected chi connectivity index (χ3v) is 0.427. The minimum Gasteiger partial charge on any atom is -0.342 e. The largest absolute Gasteiger partial charge is 1.00 e. The van der Waals surface area contributed by atoms with Crippen LogP contribution in [0, 0.1) is 13.8 Å². The molecule has 10 heavy (non-hydrogen) atoms. The smallest absolute Gasteiger partial charge is 0.342 e. The molecule has 0 heterocycles. The molecular weight excluding hydrogens is 153 g/mol. The molecule has 0 saturated heterocycles. The zero-order valence-electron chi connectivity index (χ0n) is 7.24. The van der Waals surface area contributed by atoms with Crippen molar-refractivity contribution in [1.82, 2.24) is 5.32 Å². The van der Waals surface area contributed by atoms with Gasteiger partial charge in [0, 0.05) is 0 Å². The van der Waals surface area contributed by atoms with Crippen LogP contribution in [-0.2, 0) is 4.79 Å². The van der Waals surface area contributed by atoms with Gasteiger partial charge in [-0.3, -0.25) is 0 Å². The summed E-state index contributed by atoms with van der Waals surface area (Å²) in [6.07, 6.45) is 0.983. The summed E-state index contributed by atoms with van der Waals surface area (Å²) in [6, 6.07) is 0. The molecule has 0 aliphatic rings. The van der Waals surface area contributed by atoms with E-state index in [0.29, 0.717) is 0 Å². The molecule has 1 N–H and O–H groups in total. The Labute approximate surface area is 107 Å². The van der Waals surface area contributed by atoms with Gasteiger partial charge in [-0.1, -0.05) is 0 Å². The fraction of sp³-hybridized carbons (Fsp3) is 0.571. The predicted octanol–water partition coefficient (Wildman–Crippen LogP) is -2.16. The summed E-state index contributed by atoms with van der Waals surface area (Å²) in [5.41, 5.74) is 0. The van der Waals surface area contributed by atoms with Crippen molar-refractivity contribution in [3.63, 3.8) is 0 Å². The van der Waals surface area contributed by atoms with Crippen LogP contribution in [0.25, 0.3) is 0 Å². The van der Waals surface area contributed by atoms with Crippen LogP contribution >= 0.6 is 0 Å². The Hall–Kier alpha value is 1.14. The summed E-state index contributed by atoms with van der Waals surface area (Å²) in [5, 5.41) is 2.95. The van der Waals surface area contributed by atoms with Gasteiger partial charge in [0.15, 0.2) is 0 Å². The first-order valence-corrected chi connectivity index (χ1v) is 2.91. The first-order valence-electron chi connectivity index (χ1n) is 2.91. The van der Waals surface area contributed by atoms with E-state index in [1.807, 2.05) is 7.05 Å². The van der Waals surface area contributed by atoms with Gasteiger partial charge in [-0.2, -0.15) is 6.42 Å². The fourth-order valence-electron chi connectivity index (χ4n) is 0.177. The second kappa shape index (κ2) is 16.6. The maximum Gasteiger partial charge on any atom is 1.00 e. The minimum atomic E-state index is -0.0833. The second-order valence-corrected chi connectivity index (χ2v) is 1.66. The maximum absolute atomic E-state index is 9.33. The number of hydrogen-bond donors (Lipinski definition) is 1. The topological polar surface area (TPSA) is 29.1 Å². The van der Waals surface area contributed by atoms with Gasteiger partial charge >= 0.3 is 51.4 Å². The van der Waals surface area contributed by atoms with E-state index >= 15 is 0 Å². The van der Waals surface area contributed by atoms with Gasteiger partial charge in [-0.15, -0.1) is 0 Å². The average Bonchev–Trinajstić information content (AvgIpc) is 1.66. The minimum absolute atomic E-state index is 0. The molecule has 0 unspecified atom stereocenters. The number of nitrogens with one attached hydrogen (secondary N) is 1. The van der Waals surface area contributed by atoms with E-state index in [1.165, 1.54) is 6.92 Å². The van der Waals surface area contributed by atoms with Gasteiger partial charge in [0.2, 0.25) is 0 Å². The molecule has 0 spiro atoms. The van der Waals surface area contributed by atoms with Gasteiger partial charge < -0.3 is 24.0 Å². The standard InChI is InChI=1S/C4H10N.C3H5O.K/c1-3-4-5-2;1-3(2)4;/h5H,1,3-4H2,2H3;1H2,2H3;/q2*-1;+1. The molecule has 3 heteroatoms. The summed E-state index contributed by atoms with van der Waals surface area (Å²) in [4.78, 5) is 9.33. The van der Waals surface area contributed by atoms with Crippen molar-refractivity contribution in [2.75, 3.05) is 13.6 Å². The molecule has 2 nitrogen and oxygen atoms in total. The first-order chi connectivity index (χ1) is 4.15. The van der Waals surface area contributed by atoms with E-state index in [2.05, 4.69) is 19.2 Å². The Balaban J connectivity index is -0.0000000910. The summed E-state index contributed by atoms with van der Waals surface area (Å²) < 4.78 is 0. The van der Waals surface area contributed by atoms with Crippen LogP contribution in [0.15, 0.2) is 0 Å². The predicted molar refractivity (Wildman–Crippen MR) is 39.9 cm³/mol. The molecule has 0 aromatic heterocycles. The van der Waals surface area contributed by atoms with Crippen molar-refractivity contribution in [1.29, 1.82) is 0 Å². The third-order valence-electron chi connectivity index (χ3n) is 0.427. The number of carbonyl (C=O) groups excluding carboxylic acids is 1. The quantitative estimate of drug-likeness (QED) is 0.376. The summed E-state index contributed by atoms with van der Waals surface area (Å²) in [5.74, 6) is -0.0833. The monoisotopic (exact) mass is 168 g/mol. The van der Waals surface area contributed by atoms with Crippen LogP contribution in [0.4, 0.5) is 0 Å². The van der Waals surface area contributed by atoms with E-state index in [1.54, 1.807) is 0 Å². The summed E-state index contributed by atoms with van der Waals surface area (Å²) in [7, 11) is 1.92. The Morgan fingerprint density at radius 1 is 1.60 bits per heavy atom. The molecule has 0 saturated carbocycles. The van der Waals surface area contributed by atoms with Crippen LogP contribution in [0.1, 0.15) is 13.3 Å². The zero-order chi connectivity index (χ0) is 7.70. The molecule has 0 rings (SSSR count). The fourth-order valence-corrected chi connectivity index (χ4v) is 0.177. The first kappa shape index (κ1) is 17.3. The Morgan fingerprint density at radius 2 is 1.90 bits per heavy atom. The molecule has 56 valence electrons. The molecule has 0 radical (unpaired) electrons. The van der Waals surface area contributed by atoms with Crippen molar-refractivity contribution < 1.29 is 56.2 Å². The molecule has 0 fully saturated rings. The number of rotatable bonds is 2. The molecule has 0 aromatic rings. The number of ketones is 1. The van der Waals surface area contributed by atoms with E-state index in [-0.39, 0.29) is 57.2 Å². The van der Waals surface area contributed by atoms with Crippen molar-refractivity contribution in [2.24, 2.45) is 0 Å². The summed E-state index contributed by atoms with van der Waals surface area (Å²) in [6.45, 7) is 9.06. The molecule has 0 bridgehead atoms. The zero-order valence-corrected chi connectivity index (χ0v) is 10.4. The molecule has 0 amide bonds. The summed E-state index contributed by atoms with van der Waals surface area (Å²) >= 11 is 0. The van der Waals surface area contributed by atoms with Gasteiger partial charge in [0.1, 0.15) is 0 Å². The van der Waals surface area contributed by atoms with Gasteiger partial charge in [-0.05, 0) is 26.3 Å². The molecule has 0 aliphatic heterocycles. The Kier molecular flexibility index (Phi) is 28.7. The van der Waals surface area contributed by atoms with Crippen LogP contribution in [0.2, 0.25) is 0 Å². The van der Waals surface area contributed by atoms with Crippen molar-refractivity contribution in [2.45, 2.75) is 13.3 Å². The maximum atomic E-state index is 9.33. The number of hydrogen-bond acceptors (Lipinski definition) is 2. The molecular formula is C7H15KNO-. The Bertz CT molecular complexity index is 60.6. The van der Waals surface area contributed by atoms with Crippen LogP contribution in [-0.4, -0.2) is 19.4 Å². The number of carbonyl (C=O) groups is 1. The normalized spacial score (nSPS) is 6.70. The van der Waals surface area contributed by atoms with Gasteiger partial charge in [0.25, 0.3) is 0 Å². The second-order valence-electron chi connectivity index (χ2n) is 1.66.